The van der Waals surface area contributed by atoms with Gasteiger partial charge >= 0.3 is 0 Å². The van der Waals surface area contributed by atoms with Crippen molar-refractivity contribution in [3.8, 4) is 0 Å². The van der Waals surface area contributed by atoms with Crippen molar-refractivity contribution in [2.45, 2.75) is 57.0 Å². The van der Waals surface area contributed by atoms with Crippen LogP contribution in [0, 0.1) is 17.8 Å². The molecule has 3 heteroatoms. The van der Waals surface area contributed by atoms with Gasteiger partial charge < -0.3 is 10.6 Å². The fourth-order valence-electron chi connectivity index (χ4n) is 6.67. The van der Waals surface area contributed by atoms with Crippen LogP contribution in [0.2, 0.25) is 0 Å². The van der Waals surface area contributed by atoms with Gasteiger partial charge in [0.1, 0.15) is 6.04 Å². The van der Waals surface area contributed by atoms with E-state index in [2.05, 4.69) is 60.0 Å². The Labute approximate surface area is 161 Å². The zero-order valence-electron chi connectivity index (χ0n) is 16.3. The van der Waals surface area contributed by atoms with Gasteiger partial charge in [0.25, 0.3) is 5.91 Å². The van der Waals surface area contributed by atoms with Crippen LogP contribution in [-0.2, 0) is 4.79 Å². The van der Waals surface area contributed by atoms with Crippen LogP contribution >= 0.6 is 0 Å². The maximum Gasteiger partial charge on any atom is 0.275 e. The van der Waals surface area contributed by atoms with E-state index in [4.69, 9.17) is 0 Å². The number of carbonyl (C=O) groups is 1. The lowest BCUT2D eigenvalue weighted by molar-refractivity contribution is -0.682. The molecule has 3 N–H and O–H groups in total. The van der Waals surface area contributed by atoms with Gasteiger partial charge in [0, 0.05) is 11.1 Å². The molecule has 4 saturated carbocycles. The molecule has 0 spiro atoms. The Morgan fingerprint density at radius 3 is 2.37 bits per heavy atom. The maximum atomic E-state index is 12.8. The molecule has 4 aliphatic rings. The zero-order valence-corrected chi connectivity index (χ0v) is 16.3. The summed E-state index contributed by atoms with van der Waals surface area (Å²) < 4.78 is 0. The van der Waals surface area contributed by atoms with Gasteiger partial charge in [-0.15, -0.1) is 0 Å². The molecule has 2 aromatic rings. The standard InChI is InChI=1S/C24H30N2O/c1-16(21-8-4-6-20-5-2-3-7-22(20)21)25-15-23(27)26-24-12-17-9-18(13-24)11-19(10-17)14-24/h2-8,16-19,25H,9-15H2,1H3,(H,26,27)/p+1/t16-,17?,18?,19?,24?/m1/s1. The quantitative estimate of drug-likeness (QED) is 0.838. The van der Waals surface area contributed by atoms with Crippen molar-refractivity contribution in [1.29, 1.82) is 0 Å². The van der Waals surface area contributed by atoms with Crippen LogP contribution in [-0.4, -0.2) is 18.0 Å². The first-order valence-electron chi connectivity index (χ1n) is 10.7. The highest BCUT2D eigenvalue weighted by atomic mass is 16.2. The van der Waals surface area contributed by atoms with Crippen molar-refractivity contribution in [3.63, 3.8) is 0 Å². The first-order valence-corrected chi connectivity index (χ1v) is 10.7. The van der Waals surface area contributed by atoms with Crippen LogP contribution < -0.4 is 10.6 Å². The molecule has 0 aliphatic heterocycles. The topological polar surface area (TPSA) is 45.7 Å². The van der Waals surface area contributed by atoms with Crippen molar-refractivity contribution in [2.75, 3.05) is 6.54 Å². The van der Waals surface area contributed by atoms with E-state index in [1.807, 2.05) is 0 Å². The summed E-state index contributed by atoms with van der Waals surface area (Å²) in [5.41, 5.74) is 1.44. The predicted molar refractivity (Wildman–Crippen MR) is 108 cm³/mol. The van der Waals surface area contributed by atoms with Gasteiger partial charge in [0.05, 0.1) is 0 Å². The maximum absolute atomic E-state index is 12.8. The molecule has 142 valence electrons. The van der Waals surface area contributed by atoms with Crippen LogP contribution in [0.15, 0.2) is 42.5 Å². The lowest BCUT2D eigenvalue weighted by atomic mass is 9.53. The molecule has 2 aromatic carbocycles. The highest BCUT2D eigenvalue weighted by Gasteiger charge is 2.51. The van der Waals surface area contributed by atoms with E-state index in [0.29, 0.717) is 6.54 Å². The minimum Gasteiger partial charge on any atom is -0.346 e. The Balaban J connectivity index is 1.23. The summed E-state index contributed by atoms with van der Waals surface area (Å²) in [4.78, 5) is 12.8. The third-order valence-corrected chi connectivity index (χ3v) is 7.41. The highest BCUT2D eigenvalue weighted by molar-refractivity contribution is 5.86. The van der Waals surface area contributed by atoms with Crippen molar-refractivity contribution in [1.82, 2.24) is 5.32 Å². The largest absolute Gasteiger partial charge is 0.346 e. The van der Waals surface area contributed by atoms with Crippen LogP contribution in [0.5, 0.6) is 0 Å². The zero-order chi connectivity index (χ0) is 18.4. The Bertz CT molecular complexity index is 818. The second-order valence-corrected chi connectivity index (χ2v) is 9.54. The first kappa shape index (κ1) is 17.2. The summed E-state index contributed by atoms with van der Waals surface area (Å²) in [6.45, 7) is 2.73. The Hall–Kier alpha value is -1.87. The van der Waals surface area contributed by atoms with E-state index < -0.39 is 0 Å². The van der Waals surface area contributed by atoms with E-state index in [-0.39, 0.29) is 17.5 Å². The van der Waals surface area contributed by atoms with Crippen molar-refractivity contribution < 1.29 is 10.1 Å². The number of nitrogens with two attached hydrogens (primary N) is 1. The van der Waals surface area contributed by atoms with Crippen molar-refractivity contribution in [2.24, 2.45) is 17.8 Å². The number of amides is 1. The summed E-state index contributed by atoms with van der Waals surface area (Å²) in [6, 6.07) is 15.3. The molecule has 0 radical (unpaired) electrons. The van der Waals surface area contributed by atoms with Gasteiger partial charge in [0.2, 0.25) is 0 Å². The summed E-state index contributed by atoms with van der Waals surface area (Å²) in [7, 11) is 0. The van der Waals surface area contributed by atoms with Crippen molar-refractivity contribution >= 4 is 16.7 Å². The smallest absolute Gasteiger partial charge is 0.275 e. The molecule has 0 unspecified atom stereocenters. The second-order valence-electron chi connectivity index (χ2n) is 9.54. The van der Waals surface area contributed by atoms with Gasteiger partial charge in [0.15, 0.2) is 6.54 Å². The molecular weight excluding hydrogens is 332 g/mol. The van der Waals surface area contributed by atoms with Gasteiger partial charge in [-0.25, -0.2) is 0 Å². The normalized spacial score (nSPS) is 32.6. The summed E-state index contributed by atoms with van der Waals surface area (Å²) >= 11 is 0. The van der Waals surface area contributed by atoms with Crippen molar-refractivity contribution in [3.05, 3.63) is 48.0 Å². The third-order valence-electron chi connectivity index (χ3n) is 7.41. The third kappa shape index (κ3) is 3.27. The fraction of sp³-hybridized carbons (Fsp3) is 0.542. The minimum absolute atomic E-state index is 0.127. The molecule has 1 amide bonds. The fourth-order valence-corrected chi connectivity index (χ4v) is 6.67. The van der Waals surface area contributed by atoms with E-state index in [1.165, 1.54) is 54.9 Å². The first-order chi connectivity index (χ1) is 13.1. The Kier molecular flexibility index (Phi) is 4.23. The molecule has 4 aliphatic carbocycles. The number of carbonyl (C=O) groups excluding carboxylic acids is 1. The van der Waals surface area contributed by atoms with Crippen LogP contribution in [0.25, 0.3) is 10.8 Å². The second kappa shape index (κ2) is 6.63. The summed E-state index contributed by atoms with van der Waals surface area (Å²) in [5.74, 6) is 2.84. The van der Waals surface area contributed by atoms with E-state index >= 15 is 0 Å². The molecule has 4 fully saturated rings. The summed E-state index contributed by atoms with van der Waals surface area (Å²) in [6.07, 6.45) is 7.93. The molecule has 4 bridgehead atoms. The van der Waals surface area contributed by atoms with Crippen LogP contribution in [0.3, 0.4) is 0 Å². The summed E-state index contributed by atoms with van der Waals surface area (Å²) in [5, 5.41) is 8.26. The molecular formula is C24H31N2O+. The lowest BCUT2D eigenvalue weighted by Crippen LogP contribution is -2.87. The number of nitrogens with one attached hydrogen (secondary N) is 1. The lowest BCUT2D eigenvalue weighted by Gasteiger charge is -2.56. The van der Waals surface area contributed by atoms with Gasteiger partial charge in [-0.2, -0.15) is 0 Å². The minimum atomic E-state index is 0.127. The highest BCUT2D eigenvalue weighted by Crippen LogP contribution is 2.55. The number of rotatable bonds is 5. The van der Waals surface area contributed by atoms with Crippen LogP contribution in [0.1, 0.15) is 57.1 Å². The molecule has 1 atom stereocenters. The molecule has 0 aromatic heterocycles. The number of hydrogen-bond donors (Lipinski definition) is 2. The number of fused-ring (bicyclic) bond motifs is 1. The van der Waals surface area contributed by atoms with Gasteiger partial charge in [-0.1, -0.05) is 42.5 Å². The van der Waals surface area contributed by atoms with E-state index in [0.717, 1.165) is 17.8 Å². The Morgan fingerprint density at radius 2 is 1.67 bits per heavy atom. The number of benzene rings is 2. The number of hydrogen-bond acceptors (Lipinski definition) is 1. The monoisotopic (exact) mass is 363 g/mol. The number of quaternary nitrogens is 1. The van der Waals surface area contributed by atoms with Crippen LogP contribution in [0.4, 0.5) is 0 Å². The predicted octanol–water partition coefficient (Wildman–Crippen LogP) is 3.55. The molecule has 27 heavy (non-hydrogen) atoms. The molecule has 0 saturated heterocycles. The SMILES string of the molecule is C[C@@H]([NH2+]CC(=O)NC12CC3CC(CC(C3)C1)C2)c1cccc2ccccc12. The molecule has 3 nitrogen and oxygen atoms in total. The Morgan fingerprint density at radius 1 is 1.04 bits per heavy atom. The van der Waals surface area contributed by atoms with E-state index in [9.17, 15) is 4.79 Å². The molecule has 6 rings (SSSR count). The average Bonchev–Trinajstić information content (AvgIpc) is 2.64. The van der Waals surface area contributed by atoms with Gasteiger partial charge in [-0.3, -0.25) is 4.79 Å². The average molecular weight is 364 g/mol. The van der Waals surface area contributed by atoms with E-state index in [1.54, 1.807) is 0 Å². The van der Waals surface area contributed by atoms with Gasteiger partial charge in [-0.05, 0) is 74.0 Å². The molecule has 0 heterocycles.